The van der Waals surface area contributed by atoms with Gasteiger partial charge in [-0.2, -0.15) is 16.8 Å². The molecule has 0 atom stereocenters. The Hall–Kier alpha value is -2.10. The Morgan fingerprint density at radius 2 is 2.04 bits per heavy atom. The summed E-state index contributed by atoms with van der Waals surface area (Å²) in [6.07, 6.45) is 2.01. The summed E-state index contributed by atoms with van der Waals surface area (Å²) in [6, 6.07) is 14.5. The summed E-state index contributed by atoms with van der Waals surface area (Å²) in [6.45, 7) is 0.691. The first-order valence-electron chi connectivity index (χ1n) is 8.10. The molecule has 0 aliphatic heterocycles. The third kappa shape index (κ3) is 5.00. The van der Waals surface area contributed by atoms with Gasteiger partial charge in [0.15, 0.2) is 4.80 Å². The van der Waals surface area contributed by atoms with Crippen molar-refractivity contribution in [1.82, 2.24) is 4.57 Å². The van der Waals surface area contributed by atoms with E-state index in [1.807, 2.05) is 41.2 Å². The lowest BCUT2D eigenvalue weighted by molar-refractivity contribution is -0.384. The van der Waals surface area contributed by atoms with Crippen LogP contribution in [0.4, 0.5) is 5.69 Å². The molecule has 0 N–H and O–H groups in total. The van der Waals surface area contributed by atoms with E-state index in [4.69, 9.17) is 0 Å². The minimum Gasteiger partial charge on any atom is -0.316 e. The molecule has 1 heterocycles. The maximum Gasteiger partial charge on any atom is 0.270 e. The molecule has 3 aromatic rings. The molecule has 2 aromatic carbocycles. The van der Waals surface area contributed by atoms with Gasteiger partial charge in [0, 0.05) is 29.3 Å². The number of rotatable bonds is 7. The number of fused-ring (bicyclic) bond motifs is 1. The van der Waals surface area contributed by atoms with E-state index in [-0.39, 0.29) is 17.3 Å². The molecule has 140 valence electrons. The highest BCUT2D eigenvalue weighted by molar-refractivity contribution is 8.00. The van der Waals surface area contributed by atoms with Gasteiger partial charge in [-0.25, -0.2) is 0 Å². The smallest absolute Gasteiger partial charge is 0.270 e. The maximum absolute atomic E-state index is 12.4. The van der Waals surface area contributed by atoms with E-state index in [1.165, 1.54) is 35.2 Å². The number of non-ortho nitro benzene ring substituents is 1. The molecule has 1 aromatic heterocycles. The fourth-order valence-electron chi connectivity index (χ4n) is 2.46. The number of nitrogens with zero attached hydrogens (tertiary/aromatic N) is 3. The number of aryl methyl sites for hydroxylation is 1. The maximum atomic E-state index is 12.4. The van der Waals surface area contributed by atoms with Gasteiger partial charge in [0.05, 0.1) is 20.9 Å². The van der Waals surface area contributed by atoms with Gasteiger partial charge in [-0.15, -0.1) is 11.8 Å². The minimum absolute atomic E-state index is 0.0401. The molecule has 0 aliphatic rings. The van der Waals surface area contributed by atoms with Crippen LogP contribution in [0.1, 0.15) is 0 Å². The number of nitro benzene ring substituents is 1. The topological polar surface area (TPSA) is 77.5 Å². The van der Waals surface area contributed by atoms with Crippen LogP contribution in [0.5, 0.6) is 0 Å². The second-order valence-electron chi connectivity index (χ2n) is 5.55. The third-order valence-electron chi connectivity index (χ3n) is 3.72. The number of thioether (sulfide) groups is 2. The molecule has 0 fully saturated rings. The normalized spacial score (nSPS) is 11.8. The van der Waals surface area contributed by atoms with E-state index in [0.29, 0.717) is 11.3 Å². The van der Waals surface area contributed by atoms with E-state index in [2.05, 4.69) is 4.99 Å². The molecule has 0 bridgehead atoms. The number of aromatic nitrogens is 1. The monoisotopic (exact) mass is 419 g/mol. The fourth-order valence-corrected chi connectivity index (χ4v) is 4.64. The molecule has 1 amide bonds. The van der Waals surface area contributed by atoms with Crippen LogP contribution in [0, 0.1) is 10.1 Å². The van der Waals surface area contributed by atoms with Crippen LogP contribution in [-0.2, 0) is 11.3 Å². The van der Waals surface area contributed by atoms with Gasteiger partial charge in [0.1, 0.15) is 0 Å². The van der Waals surface area contributed by atoms with E-state index in [9.17, 15) is 14.9 Å². The molecule has 27 heavy (non-hydrogen) atoms. The molecule has 0 unspecified atom stereocenters. The zero-order valence-corrected chi connectivity index (χ0v) is 17.0. The Morgan fingerprint density at radius 3 is 2.74 bits per heavy atom. The van der Waals surface area contributed by atoms with Crippen molar-refractivity contribution in [1.29, 1.82) is 0 Å². The molecule has 0 spiro atoms. The minimum atomic E-state index is -0.413. The molecule has 0 aliphatic carbocycles. The van der Waals surface area contributed by atoms with Crippen LogP contribution in [0.2, 0.25) is 0 Å². The summed E-state index contributed by atoms with van der Waals surface area (Å²) in [4.78, 5) is 28.8. The number of hydrogen-bond acceptors (Lipinski definition) is 6. The molecule has 0 saturated carbocycles. The first kappa shape index (κ1) is 19.7. The van der Waals surface area contributed by atoms with E-state index < -0.39 is 4.92 Å². The van der Waals surface area contributed by atoms with Gasteiger partial charge in [0.2, 0.25) is 0 Å². The Labute approximate surface area is 168 Å². The van der Waals surface area contributed by atoms with Gasteiger partial charge in [0.25, 0.3) is 11.6 Å². The van der Waals surface area contributed by atoms with E-state index in [0.717, 1.165) is 20.9 Å². The zero-order valence-electron chi connectivity index (χ0n) is 14.5. The van der Waals surface area contributed by atoms with Crippen molar-refractivity contribution in [2.45, 2.75) is 11.4 Å². The highest BCUT2D eigenvalue weighted by Gasteiger charge is 2.12. The molecule has 9 heteroatoms. The van der Waals surface area contributed by atoms with Gasteiger partial charge in [-0.05, 0) is 24.5 Å². The molecule has 6 nitrogen and oxygen atoms in total. The van der Waals surface area contributed by atoms with Crippen LogP contribution in [0.15, 0.2) is 58.4 Å². The third-order valence-corrected chi connectivity index (χ3v) is 6.35. The number of benzene rings is 2. The quantitative estimate of drug-likeness (QED) is 0.326. The van der Waals surface area contributed by atoms with Gasteiger partial charge in [-0.3, -0.25) is 14.9 Å². The van der Waals surface area contributed by atoms with Crippen LogP contribution in [0.25, 0.3) is 10.2 Å². The summed E-state index contributed by atoms with van der Waals surface area (Å²) in [7, 11) is 0. The summed E-state index contributed by atoms with van der Waals surface area (Å²) >= 11 is 4.45. The van der Waals surface area contributed by atoms with Crippen LogP contribution in [-0.4, -0.2) is 33.2 Å². The van der Waals surface area contributed by atoms with Crippen molar-refractivity contribution in [2.24, 2.45) is 4.99 Å². The van der Waals surface area contributed by atoms with Crippen molar-refractivity contribution < 1.29 is 9.72 Å². The highest BCUT2D eigenvalue weighted by atomic mass is 32.2. The Bertz CT molecular complexity index is 1030. The molecule has 3 rings (SSSR count). The van der Waals surface area contributed by atoms with Crippen LogP contribution in [0.3, 0.4) is 0 Å². The number of nitro groups is 1. The second kappa shape index (κ2) is 9.20. The second-order valence-corrected chi connectivity index (χ2v) is 8.59. The fraction of sp³-hybridized carbons (Fsp3) is 0.222. The highest BCUT2D eigenvalue weighted by Crippen LogP contribution is 2.23. The van der Waals surface area contributed by atoms with Crippen molar-refractivity contribution in [2.75, 3.05) is 17.8 Å². The number of hydrogen-bond donors (Lipinski definition) is 0. The number of carbonyl (C=O) groups is 1. The summed E-state index contributed by atoms with van der Waals surface area (Å²) in [5.41, 5.74) is 0.903. The SMILES string of the molecule is CSCCn1c(=NC(=O)CSc2ccccc2)sc2cc([N+](=O)[O-])ccc21. The van der Waals surface area contributed by atoms with E-state index in [1.54, 1.807) is 17.8 Å². The number of amides is 1. The predicted octanol–water partition coefficient (Wildman–Crippen LogP) is 4.19. The lowest BCUT2D eigenvalue weighted by Crippen LogP contribution is -2.18. The molecule has 0 radical (unpaired) electrons. The van der Waals surface area contributed by atoms with Gasteiger partial charge in [-0.1, -0.05) is 29.5 Å². The standard InChI is InChI=1S/C18H17N3O3S3/c1-25-10-9-20-15-8-7-13(21(23)24)11-16(15)27-18(20)19-17(22)12-26-14-5-3-2-4-6-14/h2-8,11H,9-10,12H2,1H3. The molecular formula is C18H17N3O3S3. The lowest BCUT2D eigenvalue weighted by atomic mass is 10.3. The Kier molecular flexibility index (Phi) is 6.70. The van der Waals surface area contributed by atoms with Crippen LogP contribution < -0.4 is 4.80 Å². The van der Waals surface area contributed by atoms with Crippen molar-refractivity contribution in [3.8, 4) is 0 Å². The average molecular weight is 420 g/mol. The van der Waals surface area contributed by atoms with E-state index >= 15 is 0 Å². The Morgan fingerprint density at radius 1 is 1.26 bits per heavy atom. The Balaban J connectivity index is 1.91. The van der Waals surface area contributed by atoms with Gasteiger partial charge >= 0.3 is 0 Å². The van der Waals surface area contributed by atoms with Gasteiger partial charge < -0.3 is 4.57 Å². The number of carbonyl (C=O) groups excluding carboxylic acids is 1. The van der Waals surface area contributed by atoms with Crippen molar-refractivity contribution in [3.05, 3.63) is 63.4 Å². The predicted molar refractivity (Wildman–Crippen MR) is 113 cm³/mol. The first-order chi connectivity index (χ1) is 13.1. The number of thiazole rings is 1. The first-order valence-corrected chi connectivity index (χ1v) is 11.3. The molecular weight excluding hydrogens is 402 g/mol. The molecule has 0 saturated heterocycles. The largest absolute Gasteiger partial charge is 0.316 e. The van der Waals surface area contributed by atoms with Crippen molar-refractivity contribution >= 4 is 56.7 Å². The summed E-state index contributed by atoms with van der Waals surface area (Å²) < 4.78 is 2.72. The van der Waals surface area contributed by atoms with Crippen molar-refractivity contribution in [3.63, 3.8) is 0 Å². The zero-order chi connectivity index (χ0) is 19.2. The van der Waals surface area contributed by atoms with Crippen LogP contribution >= 0.6 is 34.9 Å². The summed E-state index contributed by atoms with van der Waals surface area (Å²) in [5.74, 6) is 0.895. The summed E-state index contributed by atoms with van der Waals surface area (Å²) in [5, 5.41) is 11.0. The lowest BCUT2D eigenvalue weighted by Gasteiger charge is -2.03. The average Bonchev–Trinajstić information content (AvgIpc) is 3.01.